The molecule has 57 heavy (non-hydrogen) atoms. The van der Waals surface area contributed by atoms with Crippen LogP contribution in [0.15, 0.2) is 121 Å². The van der Waals surface area contributed by atoms with Crippen LogP contribution in [0.5, 0.6) is 11.5 Å². The molecule has 10 aromatic rings. The van der Waals surface area contributed by atoms with Gasteiger partial charge >= 0.3 is 0 Å². The molecule has 14 radical (unpaired) electrons. The van der Waals surface area contributed by atoms with Crippen molar-refractivity contribution in [2.75, 3.05) is 0 Å². The van der Waals surface area contributed by atoms with Crippen LogP contribution in [0.1, 0.15) is 22.3 Å². The zero-order valence-corrected chi connectivity index (χ0v) is 30.4. The lowest BCUT2D eigenvalue weighted by atomic mass is 9.54. The number of nitrogens with one attached hydrogen (secondary N) is 1. The van der Waals surface area contributed by atoms with Gasteiger partial charge in [0, 0.05) is 49.4 Å². The molecule has 1 spiro atoms. The highest BCUT2D eigenvalue weighted by atomic mass is 16.5. The number of nitrogens with zero attached hydrogens (tertiary/aromatic N) is 1. The molecule has 0 saturated heterocycles. The van der Waals surface area contributed by atoms with Crippen LogP contribution >= 0.6 is 0 Å². The average Bonchev–Trinajstić information content (AvgIpc) is 3.86. The summed E-state index contributed by atoms with van der Waals surface area (Å²) < 4.78 is 8.94. The predicted molar refractivity (Wildman–Crippen MR) is 243 cm³/mol. The summed E-state index contributed by atoms with van der Waals surface area (Å²) in [7, 11) is 49.4. The van der Waals surface area contributed by atoms with E-state index in [0.717, 1.165) is 76.6 Å². The first-order chi connectivity index (χ1) is 27.7. The van der Waals surface area contributed by atoms with Gasteiger partial charge in [0.15, 0.2) is 0 Å². The third-order valence-corrected chi connectivity index (χ3v) is 12.6. The number of rotatable bonds is 1. The SMILES string of the molecule is [B]c1c([B])c([B])c2c(c1[B])Oc1c([B])c([B])c(-n3c4cc5[nH]c6ccccc6c5cc4c4c5ccccc5ccc43)c([B])c1C21c2ccccc2-c2ccccc21. The molecule has 1 aliphatic carbocycles. The summed E-state index contributed by atoms with van der Waals surface area (Å²) in [5.74, 6) is 0.549. The molecule has 3 nitrogen and oxygen atoms in total. The number of ether oxygens (including phenoxy) is 1. The number of hydrogen-bond donors (Lipinski definition) is 1. The van der Waals surface area contributed by atoms with Gasteiger partial charge in [-0.15, -0.1) is 10.9 Å². The first kappa shape index (κ1) is 33.1. The van der Waals surface area contributed by atoms with Crippen molar-refractivity contribution in [2.24, 2.45) is 0 Å². The topological polar surface area (TPSA) is 29.9 Å². The van der Waals surface area contributed by atoms with E-state index in [1.807, 2.05) is 30.3 Å². The Morgan fingerprint density at radius 1 is 0.456 bits per heavy atom. The molecule has 2 aromatic heterocycles. The van der Waals surface area contributed by atoms with Gasteiger partial charge < -0.3 is 14.3 Å². The molecule has 0 bridgehead atoms. The van der Waals surface area contributed by atoms with Crippen LogP contribution in [0, 0.1) is 0 Å². The highest BCUT2D eigenvalue weighted by molar-refractivity contribution is 6.64. The zero-order chi connectivity index (χ0) is 38.6. The van der Waals surface area contributed by atoms with Crippen molar-refractivity contribution in [2.45, 2.75) is 5.41 Å². The first-order valence-corrected chi connectivity index (χ1v) is 18.7. The maximum Gasteiger partial charge on any atom is 0.124 e. The Hall–Kier alpha value is -6.13. The monoisotopic (exact) mass is 706 g/mol. The molecule has 3 heterocycles. The van der Waals surface area contributed by atoms with Gasteiger partial charge in [-0.25, -0.2) is 0 Å². The van der Waals surface area contributed by atoms with Crippen LogP contribution in [0.4, 0.5) is 0 Å². The van der Waals surface area contributed by atoms with E-state index in [4.69, 9.17) is 59.7 Å². The molecule has 0 saturated carbocycles. The van der Waals surface area contributed by atoms with Gasteiger partial charge in [-0.3, -0.25) is 0 Å². The molecule has 12 rings (SSSR count). The number of aromatic amines is 1. The van der Waals surface area contributed by atoms with Gasteiger partial charge in [0.05, 0.1) is 16.4 Å². The molecule has 0 amide bonds. The number of benzene rings is 8. The minimum Gasteiger partial charge on any atom is -0.458 e. The fraction of sp³-hybridized carbons (Fsp3) is 0.0213. The molecule has 2 aliphatic rings. The minimum absolute atomic E-state index is 0.126. The maximum atomic E-state index is 7.74. The Morgan fingerprint density at radius 3 is 1.79 bits per heavy atom. The van der Waals surface area contributed by atoms with Crippen molar-refractivity contribution in [3.8, 4) is 28.3 Å². The standard InChI is InChI=1S/C47H21B7N2O/c48-37-35-45(42(53)40(51)39(37)50)57-46-36(47(35)28-14-6-3-11-23(28)24-12-4-7-15-29(24)47)38(49)44(41(52)43(46)54)56-32-18-17-21-9-1-2-10-22(21)34(32)27-19-26-25-13-5-8-16-30(25)55-31(26)20-33(27)56/h1-20,55H. The largest absolute Gasteiger partial charge is 0.458 e. The number of fused-ring (bicyclic) bond motifs is 17. The van der Waals surface area contributed by atoms with Crippen LogP contribution in [0.2, 0.25) is 0 Å². The van der Waals surface area contributed by atoms with Gasteiger partial charge in [-0.05, 0) is 57.3 Å². The quantitative estimate of drug-likeness (QED) is 0.261. The van der Waals surface area contributed by atoms with Crippen molar-refractivity contribution >= 4 is 148 Å². The summed E-state index contributed by atoms with van der Waals surface area (Å²) in [5.41, 5.74) is 9.67. The summed E-state index contributed by atoms with van der Waals surface area (Å²) in [5, 5.41) is 6.58. The predicted octanol–water partition coefficient (Wildman–Crippen LogP) is 3.60. The van der Waals surface area contributed by atoms with E-state index in [1.165, 1.54) is 0 Å². The second-order valence-corrected chi connectivity index (χ2v) is 15.2. The Bertz CT molecular complexity index is 3450. The Kier molecular flexibility index (Phi) is 6.53. The fourth-order valence-corrected chi connectivity index (χ4v) is 10.1. The Labute approximate surface area is 337 Å². The van der Waals surface area contributed by atoms with Gasteiger partial charge in [-0.2, -0.15) is 0 Å². The van der Waals surface area contributed by atoms with Crippen LogP contribution in [-0.2, 0) is 5.41 Å². The van der Waals surface area contributed by atoms with Crippen LogP contribution in [-0.4, -0.2) is 64.5 Å². The van der Waals surface area contributed by atoms with E-state index in [1.54, 1.807) is 0 Å². The van der Waals surface area contributed by atoms with Gasteiger partial charge in [-0.1, -0.05) is 124 Å². The van der Waals surface area contributed by atoms with Gasteiger partial charge in [0.25, 0.3) is 0 Å². The summed E-state index contributed by atoms with van der Waals surface area (Å²) >= 11 is 0. The number of aromatic nitrogens is 2. The number of para-hydroxylation sites is 1. The minimum atomic E-state index is -1.19. The summed E-state index contributed by atoms with van der Waals surface area (Å²) in [6, 6.07) is 41.8. The zero-order valence-electron chi connectivity index (χ0n) is 30.4. The van der Waals surface area contributed by atoms with Gasteiger partial charge in [0.2, 0.25) is 0 Å². The van der Waals surface area contributed by atoms with E-state index in [9.17, 15) is 0 Å². The summed E-state index contributed by atoms with van der Waals surface area (Å²) in [6.07, 6.45) is 0. The smallest absolute Gasteiger partial charge is 0.124 e. The summed E-state index contributed by atoms with van der Waals surface area (Å²) in [4.78, 5) is 3.65. The van der Waals surface area contributed by atoms with Crippen LogP contribution in [0.25, 0.3) is 71.2 Å². The Balaban J connectivity index is 1.30. The molecule has 0 fully saturated rings. The molecule has 246 valence electrons. The molecule has 8 aromatic carbocycles. The van der Waals surface area contributed by atoms with E-state index < -0.39 is 5.41 Å². The summed E-state index contributed by atoms with van der Waals surface area (Å²) in [6.45, 7) is 0. The van der Waals surface area contributed by atoms with Crippen LogP contribution < -0.4 is 43.0 Å². The van der Waals surface area contributed by atoms with Gasteiger partial charge in [0.1, 0.15) is 66.4 Å². The number of H-pyrrole nitrogens is 1. The second-order valence-electron chi connectivity index (χ2n) is 15.2. The molecular weight excluding hydrogens is 684 g/mol. The maximum absolute atomic E-state index is 7.74. The highest BCUT2D eigenvalue weighted by Crippen LogP contribution is 2.60. The molecular formula is C47H21B7N2O. The lowest BCUT2D eigenvalue weighted by molar-refractivity contribution is 0.447. The number of hydrogen-bond acceptors (Lipinski definition) is 1. The van der Waals surface area contributed by atoms with Crippen molar-refractivity contribution in [3.63, 3.8) is 0 Å². The van der Waals surface area contributed by atoms with Crippen molar-refractivity contribution in [1.82, 2.24) is 9.55 Å². The first-order valence-electron chi connectivity index (χ1n) is 18.7. The fourth-order valence-electron chi connectivity index (χ4n) is 10.1. The third kappa shape index (κ3) is 3.92. The molecule has 0 atom stereocenters. The Morgan fingerprint density at radius 2 is 1.05 bits per heavy atom. The second kappa shape index (κ2) is 11.3. The lowest BCUT2D eigenvalue weighted by Crippen LogP contribution is -2.55. The normalized spacial score (nSPS) is 13.7. The van der Waals surface area contributed by atoms with E-state index in [2.05, 4.69) is 101 Å². The van der Waals surface area contributed by atoms with Crippen molar-refractivity contribution < 1.29 is 4.74 Å². The average molecular weight is 705 g/mol. The lowest BCUT2D eigenvalue weighted by Gasteiger charge is -2.45. The molecule has 10 heteroatoms. The van der Waals surface area contributed by atoms with Crippen molar-refractivity contribution in [3.05, 3.63) is 144 Å². The van der Waals surface area contributed by atoms with E-state index >= 15 is 0 Å². The van der Waals surface area contributed by atoms with Crippen LogP contribution in [0.3, 0.4) is 0 Å². The van der Waals surface area contributed by atoms with E-state index in [-0.39, 0.29) is 44.3 Å². The molecule has 0 unspecified atom stereocenters. The molecule has 1 aliphatic heterocycles. The third-order valence-electron chi connectivity index (χ3n) is 12.6. The molecule has 1 N–H and O–H groups in total. The van der Waals surface area contributed by atoms with E-state index in [0.29, 0.717) is 22.3 Å². The highest BCUT2D eigenvalue weighted by Gasteiger charge is 2.53. The van der Waals surface area contributed by atoms with Crippen molar-refractivity contribution in [1.29, 1.82) is 0 Å².